The molecule has 0 spiro atoms. The van der Waals surface area contributed by atoms with Crippen molar-refractivity contribution in [1.82, 2.24) is 24.6 Å². The van der Waals surface area contributed by atoms with Gasteiger partial charge in [-0.1, -0.05) is 0 Å². The van der Waals surface area contributed by atoms with E-state index in [4.69, 9.17) is 4.74 Å². The highest BCUT2D eigenvalue weighted by Crippen LogP contribution is 2.19. The van der Waals surface area contributed by atoms with Gasteiger partial charge in [0.1, 0.15) is 11.4 Å². The first-order chi connectivity index (χ1) is 12.3. The van der Waals surface area contributed by atoms with Crippen LogP contribution in [0.25, 0.3) is 0 Å². The summed E-state index contributed by atoms with van der Waals surface area (Å²) in [6.45, 7) is 6.86. The number of hydrogen-bond acceptors (Lipinski definition) is 7. The summed E-state index contributed by atoms with van der Waals surface area (Å²) in [6.07, 6.45) is 5.81. The Bertz CT molecular complexity index is 768. The average Bonchev–Trinajstić information content (AvgIpc) is 3.15. The van der Waals surface area contributed by atoms with E-state index < -0.39 is 5.60 Å². The van der Waals surface area contributed by atoms with Crippen LogP contribution < -0.4 is 10.6 Å². The molecule has 2 aromatic heterocycles. The van der Waals surface area contributed by atoms with Crippen molar-refractivity contribution in [1.29, 1.82) is 0 Å². The zero-order valence-corrected chi connectivity index (χ0v) is 15.6. The first-order valence-corrected chi connectivity index (χ1v) is 8.62. The van der Waals surface area contributed by atoms with E-state index in [0.717, 1.165) is 12.1 Å². The number of carbonyl (C=O) groups excluding carboxylic acids is 1. The Kier molecular flexibility index (Phi) is 4.97. The number of aryl methyl sites for hydroxylation is 1. The molecule has 1 aliphatic heterocycles. The molecule has 0 radical (unpaired) electrons. The van der Waals surface area contributed by atoms with Crippen molar-refractivity contribution >= 4 is 23.5 Å². The van der Waals surface area contributed by atoms with Gasteiger partial charge in [0.05, 0.1) is 11.9 Å². The molecule has 1 atom stereocenters. The van der Waals surface area contributed by atoms with Crippen molar-refractivity contribution < 1.29 is 9.53 Å². The molecular weight excluding hydrogens is 334 g/mol. The number of nitrogens with one attached hydrogen (secondary N) is 2. The van der Waals surface area contributed by atoms with Crippen LogP contribution in [-0.4, -0.2) is 55.5 Å². The van der Waals surface area contributed by atoms with Crippen LogP contribution in [0.15, 0.2) is 24.7 Å². The third-order valence-electron chi connectivity index (χ3n) is 3.81. The van der Waals surface area contributed by atoms with Crippen molar-refractivity contribution in [2.45, 2.75) is 38.8 Å². The Hall–Kier alpha value is -2.84. The predicted molar refractivity (Wildman–Crippen MR) is 98.4 cm³/mol. The van der Waals surface area contributed by atoms with Gasteiger partial charge >= 0.3 is 6.09 Å². The fourth-order valence-electron chi connectivity index (χ4n) is 2.69. The van der Waals surface area contributed by atoms with Crippen LogP contribution in [0.3, 0.4) is 0 Å². The molecule has 26 heavy (non-hydrogen) atoms. The van der Waals surface area contributed by atoms with Crippen molar-refractivity contribution in [3.05, 3.63) is 24.7 Å². The van der Waals surface area contributed by atoms with Crippen LogP contribution in [0, 0.1) is 0 Å². The van der Waals surface area contributed by atoms with Crippen molar-refractivity contribution in [3.63, 3.8) is 0 Å². The number of nitrogens with zero attached hydrogens (tertiary/aromatic N) is 5. The van der Waals surface area contributed by atoms with E-state index in [1.165, 1.54) is 0 Å². The van der Waals surface area contributed by atoms with Crippen molar-refractivity contribution in [2.75, 3.05) is 23.7 Å². The molecule has 3 heterocycles. The minimum absolute atomic E-state index is 0.128. The Morgan fingerprint density at radius 1 is 1.38 bits per heavy atom. The summed E-state index contributed by atoms with van der Waals surface area (Å²) in [5, 5.41) is 10.6. The van der Waals surface area contributed by atoms with Gasteiger partial charge in [-0.3, -0.25) is 4.68 Å². The highest BCUT2D eigenvalue weighted by Gasteiger charge is 2.29. The molecule has 1 fully saturated rings. The van der Waals surface area contributed by atoms with Crippen LogP contribution >= 0.6 is 0 Å². The second-order valence-electron chi connectivity index (χ2n) is 7.35. The Morgan fingerprint density at radius 2 is 2.19 bits per heavy atom. The molecule has 0 aliphatic carbocycles. The molecule has 2 N–H and O–H groups in total. The maximum atomic E-state index is 12.2. The summed E-state index contributed by atoms with van der Waals surface area (Å²) < 4.78 is 7.13. The summed E-state index contributed by atoms with van der Waals surface area (Å²) in [6, 6.07) is 1.94. The lowest BCUT2D eigenvalue weighted by Crippen LogP contribution is -2.36. The van der Waals surface area contributed by atoms with Gasteiger partial charge in [-0.15, -0.1) is 0 Å². The highest BCUT2D eigenvalue weighted by atomic mass is 16.6. The smallest absolute Gasteiger partial charge is 0.410 e. The molecule has 3 rings (SSSR count). The van der Waals surface area contributed by atoms with E-state index in [0.29, 0.717) is 24.9 Å². The van der Waals surface area contributed by atoms with E-state index in [1.54, 1.807) is 22.0 Å². The van der Waals surface area contributed by atoms with Crippen LogP contribution in [0.2, 0.25) is 0 Å². The maximum Gasteiger partial charge on any atom is 0.410 e. The van der Waals surface area contributed by atoms with Gasteiger partial charge in [-0.2, -0.15) is 10.1 Å². The molecule has 0 aromatic carbocycles. The van der Waals surface area contributed by atoms with E-state index in [2.05, 4.69) is 25.7 Å². The third-order valence-corrected chi connectivity index (χ3v) is 3.81. The lowest BCUT2D eigenvalue weighted by molar-refractivity contribution is 0.0293. The Morgan fingerprint density at radius 3 is 2.88 bits per heavy atom. The lowest BCUT2D eigenvalue weighted by Gasteiger charge is -2.24. The highest BCUT2D eigenvalue weighted by molar-refractivity contribution is 5.68. The van der Waals surface area contributed by atoms with E-state index >= 15 is 0 Å². The molecule has 1 saturated heterocycles. The third kappa shape index (κ3) is 4.84. The minimum Gasteiger partial charge on any atom is -0.444 e. The van der Waals surface area contributed by atoms with E-state index in [1.807, 2.05) is 40.1 Å². The van der Waals surface area contributed by atoms with E-state index in [9.17, 15) is 4.79 Å². The molecular formula is C17H25N7O2. The summed E-state index contributed by atoms with van der Waals surface area (Å²) in [5.74, 6) is 1.20. The molecule has 0 bridgehead atoms. The monoisotopic (exact) mass is 359 g/mol. The SMILES string of the molecule is Cn1cc(Nc2nccc(N[C@@H]3CCN(C(=O)OC(C)(C)C)C3)n2)cn1. The fraction of sp³-hybridized carbons (Fsp3) is 0.529. The molecule has 1 aliphatic rings. The number of amides is 1. The number of likely N-dealkylation sites (tertiary alicyclic amines) is 1. The number of hydrogen-bond donors (Lipinski definition) is 2. The fourth-order valence-corrected chi connectivity index (χ4v) is 2.69. The van der Waals surface area contributed by atoms with E-state index in [-0.39, 0.29) is 12.1 Å². The first-order valence-electron chi connectivity index (χ1n) is 8.62. The van der Waals surface area contributed by atoms with Gasteiger partial charge in [0.15, 0.2) is 0 Å². The largest absolute Gasteiger partial charge is 0.444 e. The number of ether oxygens (including phenoxy) is 1. The van der Waals surface area contributed by atoms with Crippen LogP contribution in [0.5, 0.6) is 0 Å². The molecule has 0 saturated carbocycles. The summed E-state index contributed by atoms with van der Waals surface area (Å²) in [5.41, 5.74) is 0.337. The molecule has 9 nitrogen and oxygen atoms in total. The summed E-state index contributed by atoms with van der Waals surface area (Å²) in [7, 11) is 1.85. The quantitative estimate of drug-likeness (QED) is 0.865. The molecule has 140 valence electrons. The molecule has 9 heteroatoms. The van der Waals surface area contributed by atoms with Gasteiger partial charge in [-0.05, 0) is 33.3 Å². The van der Waals surface area contributed by atoms with Gasteiger partial charge in [0.2, 0.25) is 5.95 Å². The van der Waals surface area contributed by atoms with Crippen LogP contribution in [0.1, 0.15) is 27.2 Å². The average molecular weight is 359 g/mol. The second-order valence-corrected chi connectivity index (χ2v) is 7.35. The normalized spacial score (nSPS) is 17.2. The molecule has 2 aromatic rings. The number of carbonyl (C=O) groups is 1. The second kappa shape index (κ2) is 7.19. The van der Waals surface area contributed by atoms with Crippen LogP contribution in [-0.2, 0) is 11.8 Å². The topological polar surface area (TPSA) is 97.2 Å². The first kappa shape index (κ1) is 18.0. The van der Waals surface area contributed by atoms with Gasteiger partial charge in [0.25, 0.3) is 0 Å². The lowest BCUT2D eigenvalue weighted by atomic mass is 10.2. The van der Waals surface area contributed by atoms with Crippen molar-refractivity contribution in [3.8, 4) is 0 Å². The zero-order chi connectivity index (χ0) is 18.7. The van der Waals surface area contributed by atoms with Gasteiger partial charge in [-0.25, -0.2) is 9.78 Å². The summed E-state index contributed by atoms with van der Waals surface area (Å²) in [4.78, 5) is 22.6. The minimum atomic E-state index is -0.484. The zero-order valence-electron chi connectivity index (χ0n) is 15.6. The number of rotatable bonds is 4. The summed E-state index contributed by atoms with van der Waals surface area (Å²) >= 11 is 0. The van der Waals surface area contributed by atoms with Gasteiger partial charge < -0.3 is 20.3 Å². The molecule has 0 unspecified atom stereocenters. The standard InChI is InChI=1S/C17H25N7O2/c1-17(2,3)26-16(25)24-8-6-12(11-24)20-14-5-7-18-15(22-14)21-13-9-19-23(4)10-13/h5,7,9-10,12H,6,8,11H2,1-4H3,(H2,18,20,21,22)/t12-/m1/s1. The predicted octanol–water partition coefficient (Wildman–Crippen LogP) is 2.38. The number of aromatic nitrogens is 4. The van der Waals surface area contributed by atoms with Crippen LogP contribution in [0.4, 0.5) is 22.2 Å². The molecule has 1 amide bonds. The Labute approximate surface area is 152 Å². The van der Waals surface area contributed by atoms with Crippen molar-refractivity contribution in [2.24, 2.45) is 7.05 Å². The van der Waals surface area contributed by atoms with Gasteiger partial charge in [0, 0.05) is 38.6 Å². The number of anilines is 3. The Balaban J connectivity index is 1.56. The maximum absolute atomic E-state index is 12.2.